The number of sulfonamides is 1. The molecule has 0 saturated carbocycles. The van der Waals surface area contributed by atoms with Crippen molar-refractivity contribution in [2.75, 3.05) is 16.2 Å². The molecule has 0 unspecified atom stereocenters. The molecule has 0 bridgehead atoms. The van der Waals surface area contributed by atoms with Crippen LogP contribution < -0.4 is 9.62 Å². The van der Waals surface area contributed by atoms with E-state index >= 15 is 0 Å². The Kier molecular flexibility index (Phi) is 6.44. The summed E-state index contributed by atoms with van der Waals surface area (Å²) in [6.45, 7) is -0.859. The molecule has 35 heavy (non-hydrogen) atoms. The molecule has 0 fully saturated rings. The van der Waals surface area contributed by atoms with E-state index in [1.807, 2.05) is 0 Å². The van der Waals surface area contributed by atoms with Crippen molar-refractivity contribution < 1.29 is 30.8 Å². The van der Waals surface area contributed by atoms with E-state index in [0.29, 0.717) is 15.1 Å². The van der Waals surface area contributed by atoms with Crippen molar-refractivity contribution >= 4 is 38.1 Å². The van der Waals surface area contributed by atoms with Crippen LogP contribution in [0.2, 0.25) is 0 Å². The number of hydrogen-bond donors (Lipinski definition) is 1. The molecule has 0 saturated heterocycles. The molecule has 0 spiro atoms. The summed E-state index contributed by atoms with van der Waals surface area (Å²) >= 11 is 0. The van der Waals surface area contributed by atoms with Crippen LogP contribution >= 0.6 is 0 Å². The van der Waals surface area contributed by atoms with Crippen LogP contribution in [0.15, 0.2) is 90.1 Å². The van der Waals surface area contributed by atoms with E-state index < -0.39 is 45.7 Å². The fourth-order valence-electron chi connectivity index (χ4n) is 3.52. The molecule has 0 radical (unpaired) electrons. The van der Waals surface area contributed by atoms with Crippen LogP contribution in [0.4, 0.5) is 28.9 Å². The van der Waals surface area contributed by atoms with Gasteiger partial charge in [0.1, 0.15) is 12.4 Å². The van der Waals surface area contributed by atoms with Crippen molar-refractivity contribution in [3.63, 3.8) is 0 Å². The van der Waals surface area contributed by atoms with Gasteiger partial charge in [-0.25, -0.2) is 12.8 Å². The van der Waals surface area contributed by atoms with E-state index in [4.69, 9.17) is 0 Å². The largest absolute Gasteiger partial charge is 0.418 e. The number of halogens is 4. The molecule has 180 valence electrons. The molecule has 0 aliphatic carbocycles. The van der Waals surface area contributed by atoms with Crippen LogP contribution in [0.25, 0.3) is 10.8 Å². The van der Waals surface area contributed by atoms with Gasteiger partial charge in [-0.05, 0) is 48.5 Å². The van der Waals surface area contributed by atoms with Crippen LogP contribution in [0.3, 0.4) is 0 Å². The highest BCUT2D eigenvalue weighted by Gasteiger charge is 2.34. The predicted molar refractivity (Wildman–Crippen MR) is 123 cm³/mol. The third kappa shape index (κ3) is 5.09. The van der Waals surface area contributed by atoms with Crippen LogP contribution in [0, 0.1) is 5.82 Å². The fraction of sp³-hybridized carbons (Fsp3) is 0.0833. The molecule has 11 heteroatoms. The van der Waals surface area contributed by atoms with Gasteiger partial charge in [0.25, 0.3) is 10.0 Å². The number of pyridine rings is 1. The third-order valence-electron chi connectivity index (χ3n) is 5.12. The average molecular weight is 503 g/mol. The third-order valence-corrected chi connectivity index (χ3v) is 6.95. The van der Waals surface area contributed by atoms with Crippen LogP contribution in [-0.4, -0.2) is 25.9 Å². The first-order valence-electron chi connectivity index (χ1n) is 10.1. The minimum Gasteiger partial charge on any atom is -0.324 e. The lowest BCUT2D eigenvalue weighted by Gasteiger charge is -2.25. The number of benzene rings is 3. The summed E-state index contributed by atoms with van der Waals surface area (Å²) in [6, 6.07) is 14.7. The lowest BCUT2D eigenvalue weighted by molar-refractivity contribution is -0.137. The Morgan fingerprint density at radius 1 is 0.943 bits per heavy atom. The van der Waals surface area contributed by atoms with Crippen LogP contribution in [-0.2, 0) is 21.0 Å². The van der Waals surface area contributed by atoms with Gasteiger partial charge in [0.2, 0.25) is 5.91 Å². The number of nitrogens with zero attached hydrogens (tertiary/aromatic N) is 2. The van der Waals surface area contributed by atoms with Gasteiger partial charge in [0.05, 0.1) is 21.8 Å². The van der Waals surface area contributed by atoms with Gasteiger partial charge >= 0.3 is 6.18 Å². The number of amides is 1. The summed E-state index contributed by atoms with van der Waals surface area (Å²) < 4.78 is 81.6. The molecule has 4 aromatic rings. The first-order valence-corrected chi connectivity index (χ1v) is 11.6. The highest BCUT2D eigenvalue weighted by molar-refractivity contribution is 7.93. The number of aromatic nitrogens is 1. The lowest BCUT2D eigenvalue weighted by atomic mass is 10.1. The van der Waals surface area contributed by atoms with Gasteiger partial charge in [-0.1, -0.05) is 24.3 Å². The predicted octanol–water partition coefficient (Wildman–Crippen LogP) is 5.23. The Morgan fingerprint density at radius 3 is 2.37 bits per heavy atom. The molecule has 1 heterocycles. The number of rotatable bonds is 6. The highest BCUT2D eigenvalue weighted by atomic mass is 32.2. The summed E-state index contributed by atoms with van der Waals surface area (Å²) in [5.41, 5.74) is -1.64. The number of hydrogen-bond acceptors (Lipinski definition) is 4. The first-order chi connectivity index (χ1) is 16.6. The molecule has 1 amide bonds. The molecular weight excluding hydrogens is 486 g/mol. The topological polar surface area (TPSA) is 79.4 Å². The zero-order valence-electron chi connectivity index (χ0n) is 17.8. The van der Waals surface area contributed by atoms with E-state index in [2.05, 4.69) is 10.3 Å². The van der Waals surface area contributed by atoms with E-state index in [0.717, 1.165) is 36.4 Å². The molecule has 3 aromatic carbocycles. The number of nitrogens with one attached hydrogen (secondary N) is 1. The highest BCUT2D eigenvalue weighted by Crippen LogP contribution is 2.35. The fourth-order valence-corrected chi connectivity index (χ4v) is 5.16. The van der Waals surface area contributed by atoms with Gasteiger partial charge in [-0.2, -0.15) is 13.2 Å². The Morgan fingerprint density at radius 2 is 1.66 bits per heavy atom. The zero-order valence-corrected chi connectivity index (χ0v) is 18.6. The summed E-state index contributed by atoms with van der Waals surface area (Å²) in [5, 5.41) is 3.00. The first kappa shape index (κ1) is 24.1. The van der Waals surface area contributed by atoms with Gasteiger partial charge in [-0.15, -0.1) is 0 Å². The number of alkyl halides is 3. The Hall–Kier alpha value is -3.99. The van der Waals surface area contributed by atoms with Crippen LogP contribution in [0.5, 0.6) is 0 Å². The van der Waals surface area contributed by atoms with Crippen molar-refractivity contribution in [3.8, 4) is 0 Å². The Bertz CT molecular complexity index is 1480. The molecule has 0 atom stereocenters. The minimum absolute atomic E-state index is 0.0447. The maximum absolute atomic E-state index is 13.7. The number of fused-ring (bicyclic) bond motifs is 1. The summed E-state index contributed by atoms with van der Waals surface area (Å²) in [7, 11) is -4.42. The standard InChI is InChI=1S/C24H17F4N3O3S/c25-17-8-10-18(11-9-17)31(15-23(32)30-21-6-2-1-5-20(21)24(26,27)28)35(33,34)22-7-3-4-16-14-29-13-12-19(16)22/h1-14H,15H2,(H,30,32). The van der Waals surface area contributed by atoms with E-state index in [9.17, 15) is 30.8 Å². The van der Waals surface area contributed by atoms with E-state index in [1.165, 1.54) is 42.7 Å². The van der Waals surface area contributed by atoms with Gasteiger partial charge in [0.15, 0.2) is 0 Å². The van der Waals surface area contributed by atoms with Crippen molar-refractivity contribution in [2.45, 2.75) is 11.1 Å². The second kappa shape index (κ2) is 9.34. The van der Waals surface area contributed by atoms with Gasteiger partial charge in [0, 0.05) is 23.2 Å². The van der Waals surface area contributed by atoms with Crippen LogP contribution in [0.1, 0.15) is 5.56 Å². The zero-order chi connectivity index (χ0) is 25.2. The number of anilines is 2. The van der Waals surface area contributed by atoms with Crippen molar-refractivity contribution in [3.05, 3.63) is 96.6 Å². The number of carbonyl (C=O) groups is 1. The molecule has 0 aliphatic rings. The smallest absolute Gasteiger partial charge is 0.324 e. The summed E-state index contributed by atoms with van der Waals surface area (Å²) in [4.78, 5) is 16.6. The normalized spacial score (nSPS) is 11.9. The summed E-state index contributed by atoms with van der Waals surface area (Å²) in [5.74, 6) is -1.65. The number of carbonyl (C=O) groups excluding carboxylic acids is 1. The molecule has 4 rings (SSSR count). The second-order valence-corrected chi connectivity index (χ2v) is 9.26. The SMILES string of the molecule is O=C(CN(c1ccc(F)cc1)S(=O)(=O)c1cccc2cnccc12)Nc1ccccc1C(F)(F)F. The van der Waals surface area contributed by atoms with E-state index in [-0.39, 0.29) is 10.6 Å². The van der Waals surface area contributed by atoms with Crippen molar-refractivity contribution in [1.29, 1.82) is 0 Å². The Balaban J connectivity index is 1.75. The molecule has 0 aliphatic heterocycles. The molecule has 1 N–H and O–H groups in total. The number of para-hydroxylation sites is 1. The Labute approximate surface area is 197 Å². The monoisotopic (exact) mass is 503 g/mol. The quantitative estimate of drug-likeness (QED) is 0.366. The maximum atomic E-state index is 13.7. The van der Waals surface area contributed by atoms with Gasteiger partial charge < -0.3 is 5.32 Å². The molecule has 6 nitrogen and oxygen atoms in total. The van der Waals surface area contributed by atoms with E-state index in [1.54, 1.807) is 6.07 Å². The summed E-state index contributed by atoms with van der Waals surface area (Å²) in [6.07, 6.45) is -1.86. The average Bonchev–Trinajstić information content (AvgIpc) is 2.82. The van der Waals surface area contributed by atoms with Crippen molar-refractivity contribution in [2.24, 2.45) is 0 Å². The minimum atomic E-state index is -4.73. The maximum Gasteiger partial charge on any atom is 0.418 e. The van der Waals surface area contributed by atoms with Gasteiger partial charge in [-0.3, -0.25) is 14.1 Å². The lowest BCUT2D eigenvalue weighted by Crippen LogP contribution is -2.38. The molecular formula is C24H17F4N3O3S. The van der Waals surface area contributed by atoms with Crippen molar-refractivity contribution in [1.82, 2.24) is 4.98 Å². The molecule has 1 aromatic heterocycles. The second-order valence-electron chi connectivity index (χ2n) is 7.43.